The van der Waals surface area contributed by atoms with Crippen LogP contribution in [-0.2, 0) is 13.0 Å². The molecule has 0 aliphatic heterocycles. The van der Waals surface area contributed by atoms with Crippen molar-refractivity contribution < 1.29 is 5.11 Å². The number of aromatic nitrogens is 3. The van der Waals surface area contributed by atoms with Crippen LogP contribution in [0.15, 0.2) is 53.7 Å². The molecule has 0 spiro atoms. The van der Waals surface area contributed by atoms with Crippen LogP contribution in [0.2, 0.25) is 0 Å². The normalized spacial score (nSPS) is 12.4. The first kappa shape index (κ1) is 14.0. The Morgan fingerprint density at radius 1 is 1.19 bits per heavy atom. The van der Waals surface area contributed by atoms with Crippen molar-refractivity contribution in [1.29, 1.82) is 0 Å². The van der Waals surface area contributed by atoms with Crippen molar-refractivity contribution in [3.05, 3.63) is 59.3 Å². The van der Waals surface area contributed by atoms with Crippen molar-refractivity contribution in [2.75, 3.05) is 6.61 Å². The molecule has 5 heteroatoms. The molecule has 0 aliphatic rings. The predicted octanol–water partition coefficient (Wildman–Crippen LogP) is 2.86. The molecule has 0 bridgehead atoms. The average Bonchev–Trinajstić information content (AvgIpc) is 3.19. The van der Waals surface area contributed by atoms with Crippen LogP contribution in [-0.4, -0.2) is 26.2 Å². The first-order valence-electron chi connectivity index (χ1n) is 6.90. The van der Waals surface area contributed by atoms with E-state index in [0.717, 1.165) is 24.4 Å². The molecule has 3 rings (SSSR count). The summed E-state index contributed by atoms with van der Waals surface area (Å²) in [7, 11) is 0. The van der Waals surface area contributed by atoms with Gasteiger partial charge in [0.1, 0.15) is 5.82 Å². The zero-order valence-corrected chi connectivity index (χ0v) is 12.4. The lowest BCUT2D eigenvalue weighted by molar-refractivity contribution is 0.210. The minimum atomic E-state index is 0.170. The number of hydrogen-bond donors (Lipinski definition) is 1. The number of aliphatic hydroxyl groups excluding tert-OH is 1. The average molecular weight is 299 g/mol. The molecule has 21 heavy (non-hydrogen) atoms. The maximum Gasteiger partial charge on any atom is 0.139 e. The van der Waals surface area contributed by atoms with Gasteiger partial charge < -0.3 is 9.67 Å². The van der Waals surface area contributed by atoms with Gasteiger partial charge in [-0.1, -0.05) is 0 Å². The quantitative estimate of drug-likeness (QED) is 0.761. The third-order valence-corrected chi connectivity index (χ3v) is 4.20. The number of thiophene rings is 1. The summed E-state index contributed by atoms with van der Waals surface area (Å²) in [5, 5.41) is 13.9. The van der Waals surface area contributed by atoms with Crippen LogP contribution in [0.25, 0.3) is 11.4 Å². The molecule has 0 aromatic carbocycles. The van der Waals surface area contributed by atoms with Gasteiger partial charge in [0, 0.05) is 49.4 Å². The molecule has 0 fully saturated rings. The number of nitrogens with zero attached hydrogens (tertiary/aromatic N) is 3. The van der Waals surface area contributed by atoms with Gasteiger partial charge >= 0.3 is 0 Å². The molecule has 0 saturated carbocycles. The van der Waals surface area contributed by atoms with E-state index >= 15 is 0 Å². The largest absolute Gasteiger partial charge is 0.396 e. The maximum atomic E-state index is 9.64. The molecular weight excluding hydrogens is 282 g/mol. The summed E-state index contributed by atoms with van der Waals surface area (Å²) in [5.74, 6) is 1.11. The highest BCUT2D eigenvalue weighted by Gasteiger charge is 2.13. The van der Waals surface area contributed by atoms with E-state index in [1.165, 1.54) is 5.56 Å². The summed E-state index contributed by atoms with van der Waals surface area (Å²) in [6.07, 6.45) is 8.18. The van der Waals surface area contributed by atoms with Crippen molar-refractivity contribution in [2.45, 2.75) is 13.0 Å². The standard InChI is InChI=1S/C16H17N3OS/c20-11-14(9-13-3-8-21-12-13)10-19-7-6-18-16(19)15-1-4-17-5-2-15/h1-8,12,14,20H,9-11H2/t14-/m0/s1. The van der Waals surface area contributed by atoms with Gasteiger partial charge in [-0.05, 0) is 40.9 Å². The predicted molar refractivity (Wildman–Crippen MR) is 84.1 cm³/mol. The van der Waals surface area contributed by atoms with Crippen LogP contribution < -0.4 is 0 Å². The molecule has 0 amide bonds. The second-order valence-electron chi connectivity index (χ2n) is 5.02. The zero-order valence-electron chi connectivity index (χ0n) is 11.6. The van der Waals surface area contributed by atoms with Gasteiger partial charge in [-0.3, -0.25) is 4.98 Å². The number of imidazole rings is 1. The van der Waals surface area contributed by atoms with E-state index in [-0.39, 0.29) is 12.5 Å². The van der Waals surface area contributed by atoms with Gasteiger partial charge in [-0.2, -0.15) is 11.3 Å². The fourth-order valence-corrected chi connectivity index (χ4v) is 3.11. The molecule has 0 aliphatic carbocycles. The van der Waals surface area contributed by atoms with Crippen LogP contribution >= 0.6 is 11.3 Å². The molecular formula is C16H17N3OS. The molecule has 1 N–H and O–H groups in total. The lowest BCUT2D eigenvalue weighted by Gasteiger charge is -2.16. The smallest absolute Gasteiger partial charge is 0.139 e. The van der Waals surface area contributed by atoms with E-state index in [2.05, 4.69) is 31.4 Å². The fraction of sp³-hybridized carbons (Fsp3) is 0.250. The van der Waals surface area contributed by atoms with E-state index in [4.69, 9.17) is 0 Å². The molecule has 4 nitrogen and oxygen atoms in total. The lowest BCUT2D eigenvalue weighted by Crippen LogP contribution is -2.17. The van der Waals surface area contributed by atoms with E-state index < -0.39 is 0 Å². The minimum absolute atomic E-state index is 0.170. The monoisotopic (exact) mass is 299 g/mol. The summed E-state index contributed by atoms with van der Waals surface area (Å²) in [5.41, 5.74) is 2.33. The Kier molecular flexibility index (Phi) is 4.43. The Labute approximate surface area is 127 Å². The van der Waals surface area contributed by atoms with Crippen LogP contribution in [0.5, 0.6) is 0 Å². The van der Waals surface area contributed by atoms with Gasteiger partial charge in [0.15, 0.2) is 0 Å². The van der Waals surface area contributed by atoms with Crippen molar-refractivity contribution in [3.8, 4) is 11.4 Å². The minimum Gasteiger partial charge on any atom is -0.396 e. The zero-order chi connectivity index (χ0) is 14.5. The van der Waals surface area contributed by atoms with Gasteiger partial charge in [0.05, 0.1) is 0 Å². The van der Waals surface area contributed by atoms with Crippen LogP contribution in [0.1, 0.15) is 5.56 Å². The Hall–Kier alpha value is -1.98. The van der Waals surface area contributed by atoms with E-state index in [1.807, 2.05) is 18.3 Å². The first-order chi connectivity index (χ1) is 10.4. The van der Waals surface area contributed by atoms with Crippen molar-refractivity contribution in [1.82, 2.24) is 14.5 Å². The third-order valence-electron chi connectivity index (χ3n) is 3.47. The maximum absolute atomic E-state index is 9.64. The van der Waals surface area contributed by atoms with Crippen LogP contribution in [0, 0.1) is 5.92 Å². The Morgan fingerprint density at radius 3 is 2.76 bits per heavy atom. The molecule has 1 atom stereocenters. The molecule has 0 radical (unpaired) electrons. The summed E-state index contributed by atoms with van der Waals surface area (Å²) in [6.45, 7) is 0.924. The summed E-state index contributed by atoms with van der Waals surface area (Å²) >= 11 is 1.69. The van der Waals surface area contributed by atoms with Gasteiger partial charge in [-0.15, -0.1) is 0 Å². The first-order valence-corrected chi connectivity index (χ1v) is 7.84. The molecule has 3 aromatic heterocycles. The molecule has 108 valence electrons. The lowest BCUT2D eigenvalue weighted by atomic mass is 10.0. The van der Waals surface area contributed by atoms with Gasteiger partial charge in [-0.25, -0.2) is 4.98 Å². The Bertz CT molecular complexity index is 664. The molecule has 3 heterocycles. The van der Waals surface area contributed by atoms with Crippen molar-refractivity contribution >= 4 is 11.3 Å². The second-order valence-corrected chi connectivity index (χ2v) is 5.80. The highest BCUT2D eigenvalue weighted by atomic mass is 32.1. The van der Waals surface area contributed by atoms with Crippen molar-refractivity contribution in [2.24, 2.45) is 5.92 Å². The number of hydrogen-bond acceptors (Lipinski definition) is 4. The van der Waals surface area contributed by atoms with E-state index in [0.29, 0.717) is 0 Å². The summed E-state index contributed by atoms with van der Waals surface area (Å²) < 4.78 is 2.10. The van der Waals surface area contributed by atoms with Crippen molar-refractivity contribution in [3.63, 3.8) is 0 Å². The highest BCUT2D eigenvalue weighted by molar-refractivity contribution is 7.07. The third kappa shape index (κ3) is 3.37. The fourth-order valence-electron chi connectivity index (χ4n) is 2.42. The SMILES string of the molecule is OC[C@@H](Cc1ccsc1)Cn1ccnc1-c1ccncc1. The van der Waals surface area contributed by atoms with E-state index in [9.17, 15) is 5.11 Å². The number of aliphatic hydroxyl groups is 1. The van der Waals surface area contributed by atoms with Crippen LogP contribution in [0.4, 0.5) is 0 Å². The number of rotatable bonds is 6. The second kappa shape index (κ2) is 6.65. The van der Waals surface area contributed by atoms with Gasteiger partial charge in [0.2, 0.25) is 0 Å². The molecule has 3 aromatic rings. The van der Waals surface area contributed by atoms with Gasteiger partial charge in [0.25, 0.3) is 0 Å². The van der Waals surface area contributed by atoms with E-state index in [1.54, 1.807) is 29.9 Å². The molecule has 0 saturated heterocycles. The highest BCUT2D eigenvalue weighted by Crippen LogP contribution is 2.19. The Balaban J connectivity index is 1.77. The topological polar surface area (TPSA) is 50.9 Å². The van der Waals surface area contributed by atoms with Crippen LogP contribution in [0.3, 0.4) is 0 Å². The Morgan fingerprint density at radius 2 is 2.05 bits per heavy atom. The number of pyridine rings is 1. The summed E-state index contributed by atoms with van der Waals surface area (Å²) in [4.78, 5) is 8.46. The summed E-state index contributed by atoms with van der Waals surface area (Å²) in [6, 6.07) is 6.02. The molecule has 0 unspecified atom stereocenters.